The molecule has 0 unspecified atom stereocenters. The van der Waals surface area contributed by atoms with Crippen molar-refractivity contribution >= 4 is 28.0 Å². The maximum atomic E-state index is 9.83. The van der Waals surface area contributed by atoms with Gasteiger partial charge in [-0.05, 0) is 0 Å². The Morgan fingerprint density at radius 1 is 0.900 bits per heavy atom. The standard InChI is InChI=1S/C2H7AsO2.CH5AsO3/c1-3(2,4)5;1-2(3,4)5/h1-2H3,(H,4,5);1H3,(H2,3,4,5). The summed E-state index contributed by atoms with van der Waals surface area (Å²) in [6.45, 7) is 0. The Morgan fingerprint density at radius 3 is 0.900 bits per heavy atom. The van der Waals surface area contributed by atoms with Crippen molar-refractivity contribution < 1.29 is 19.8 Å². The van der Waals surface area contributed by atoms with Gasteiger partial charge in [0.25, 0.3) is 0 Å². The normalized spacial score (nSPS) is 11.8. The molecule has 0 radical (unpaired) electrons. The van der Waals surface area contributed by atoms with Crippen molar-refractivity contribution in [3.8, 4) is 0 Å². The van der Waals surface area contributed by atoms with Crippen LogP contribution in [0.15, 0.2) is 0 Å². The summed E-state index contributed by atoms with van der Waals surface area (Å²) in [4.78, 5) is 0. The van der Waals surface area contributed by atoms with Crippen LogP contribution < -0.4 is 0 Å². The van der Waals surface area contributed by atoms with Gasteiger partial charge in [0, 0.05) is 0 Å². The first-order chi connectivity index (χ1) is 4.00. The summed E-state index contributed by atoms with van der Waals surface area (Å²) < 4.78 is 42.7. The van der Waals surface area contributed by atoms with Gasteiger partial charge in [0.1, 0.15) is 0 Å². The van der Waals surface area contributed by atoms with Gasteiger partial charge in [0.15, 0.2) is 0 Å². The van der Waals surface area contributed by atoms with Crippen LogP contribution >= 0.6 is 0 Å². The van der Waals surface area contributed by atoms with E-state index in [0.717, 1.165) is 5.71 Å². The van der Waals surface area contributed by atoms with Gasteiger partial charge in [-0.2, -0.15) is 0 Å². The zero-order chi connectivity index (χ0) is 9.00. The van der Waals surface area contributed by atoms with E-state index in [0.29, 0.717) is 0 Å². The second-order valence-electron chi connectivity index (χ2n) is 2.13. The minimum atomic E-state index is -4.12. The van der Waals surface area contributed by atoms with Gasteiger partial charge >= 0.3 is 64.9 Å². The third-order valence-electron chi connectivity index (χ3n) is 0. The molecule has 0 aliphatic heterocycles. The van der Waals surface area contributed by atoms with E-state index >= 15 is 0 Å². The van der Waals surface area contributed by atoms with Crippen LogP contribution in [0.3, 0.4) is 0 Å². The predicted molar refractivity (Wildman–Crippen MR) is 37.1 cm³/mol. The monoisotopic (exact) mass is 278 g/mol. The van der Waals surface area contributed by atoms with Gasteiger partial charge < -0.3 is 0 Å². The van der Waals surface area contributed by atoms with Crippen molar-refractivity contribution in [3.05, 3.63) is 0 Å². The zero-order valence-corrected chi connectivity index (χ0v) is 9.81. The molecule has 0 aromatic carbocycles. The molecule has 0 saturated carbocycles. The van der Waals surface area contributed by atoms with Crippen molar-refractivity contribution in [1.82, 2.24) is 0 Å². The number of rotatable bonds is 0. The molecule has 0 bridgehead atoms. The molecule has 3 N–H and O–H groups in total. The average molecular weight is 278 g/mol. The van der Waals surface area contributed by atoms with Crippen molar-refractivity contribution in [1.29, 1.82) is 0 Å². The Morgan fingerprint density at radius 2 is 0.900 bits per heavy atom. The van der Waals surface area contributed by atoms with Crippen molar-refractivity contribution in [2.75, 3.05) is 0 Å². The Labute approximate surface area is 65.1 Å². The fourth-order valence-electron chi connectivity index (χ4n) is 0. The van der Waals surface area contributed by atoms with Crippen LogP contribution in [-0.2, 0) is 7.48 Å². The maximum absolute atomic E-state index is 9.83. The van der Waals surface area contributed by atoms with E-state index in [4.69, 9.17) is 12.3 Å². The van der Waals surface area contributed by atoms with Crippen LogP contribution in [-0.4, -0.2) is 40.3 Å². The van der Waals surface area contributed by atoms with Gasteiger partial charge in [-0.15, -0.1) is 0 Å². The average Bonchev–Trinajstić information content (AvgIpc) is 1.12. The third kappa shape index (κ3) is 1390. The fourth-order valence-corrected chi connectivity index (χ4v) is 0. The van der Waals surface area contributed by atoms with Crippen LogP contribution in [0.1, 0.15) is 0 Å². The van der Waals surface area contributed by atoms with E-state index in [2.05, 4.69) is 0 Å². The summed E-state index contributed by atoms with van der Waals surface area (Å²) >= 11 is -7.25. The molecule has 0 atom stereocenters. The molecule has 64 valence electrons. The molecular formula is C3H12As2O5. The molecule has 0 aliphatic rings. The molecular weight excluding hydrogens is 266 g/mol. The van der Waals surface area contributed by atoms with Crippen LogP contribution in [0, 0.1) is 0 Å². The summed E-state index contributed by atoms with van der Waals surface area (Å²) in [5, 5.41) is 0. The van der Waals surface area contributed by atoms with E-state index in [9.17, 15) is 7.48 Å². The Balaban J connectivity index is 0. The number of hydrogen-bond acceptors (Lipinski definition) is 2. The van der Waals surface area contributed by atoms with Gasteiger partial charge in [-0.25, -0.2) is 0 Å². The molecule has 0 aromatic rings. The Bertz CT molecular complexity index is 127. The molecule has 10 heavy (non-hydrogen) atoms. The molecule has 5 nitrogen and oxygen atoms in total. The summed E-state index contributed by atoms with van der Waals surface area (Å²) in [6.07, 6.45) is 0. The first kappa shape index (κ1) is 13.2. The van der Waals surface area contributed by atoms with E-state index < -0.39 is 28.0 Å². The van der Waals surface area contributed by atoms with E-state index in [1.165, 1.54) is 11.4 Å². The van der Waals surface area contributed by atoms with E-state index in [-0.39, 0.29) is 0 Å². The quantitative estimate of drug-likeness (QED) is 0.498. The molecule has 0 amide bonds. The molecule has 0 spiro atoms. The van der Waals surface area contributed by atoms with Crippen LogP contribution in [0.2, 0.25) is 17.1 Å². The molecule has 0 fully saturated rings. The second kappa shape index (κ2) is 4.47. The first-order valence-corrected chi connectivity index (χ1v) is 12.0. The zero-order valence-electron chi connectivity index (χ0n) is 6.05. The molecule has 7 heteroatoms. The van der Waals surface area contributed by atoms with Crippen LogP contribution in [0.4, 0.5) is 0 Å². The molecule has 0 saturated heterocycles. The van der Waals surface area contributed by atoms with Crippen molar-refractivity contribution in [3.63, 3.8) is 0 Å². The fraction of sp³-hybridized carbons (Fsp3) is 1.00. The van der Waals surface area contributed by atoms with Crippen molar-refractivity contribution in [2.45, 2.75) is 17.1 Å². The SMILES string of the molecule is C[As](=O)(O)O.C[As](C)(=O)O. The third-order valence-corrected chi connectivity index (χ3v) is 0. The van der Waals surface area contributed by atoms with E-state index in [1.807, 2.05) is 0 Å². The van der Waals surface area contributed by atoms with Gasteiger partial charge in [-0.3, -0.25) is 0 Å². The summed E-state index contributed by atoms with van der Waals surface area (Å²) in [5.41, 5.74) is 3.63. The Kier molecular flexibility index (Phi) is 5.90. The minimum absolute atomic E-state index is 0.915. The van der Waals surface area contributed by atoms with Gasteiger partial charge in [-0.1, -0.05) is 0 Å². The molecule has 0 rings (SSSR count). The van der Waals surface area contributed by atoms with E-state index in [1.54, 1.807) is 0 Å². The first-order valence-electron chi connectivity index (χ1n) is 2.31. The second-order valence-corrected chi connectivity index (χ2v) is 11.1. The summed E-state index contributed by atoms with van der Waals surface area (Å²) in [7, 11) is 0. The summed E-state index contributed by atoms with van der Waals surface area (Å²) in [5.74, 6) is 0. The molecule has 0 aromatic heterocycles. The molecule has 0 aliphatic carbocycles. The number of hydrogen-bond donors (Lipinski definition) is 3. The topological polar surface area (TPSA) is 94.8 Å². The van der Waals surface area contributed by atoms with Crippen molar-refractivity contribution in [2.24, 2.45) is 0 Å². The summed E-state index contributed by atoms with van der Waals surface area (Å²) in [6, 6.07) is 0. The molecule has 0 heterocycles. The Hall–Kier alpha value is 0.597. The predicted octanol–water partition coefficient (Wildman–Crippen LogP) is -0.919. The van der Waals surface area contributed by atoms with Gasteiger partial charge in [0.2, 0.25) is 0 Å². The van der Waals surface area contributed by atoms with Crippen LogP contribution in [0.5, 0.6) is 0 Å². The van der Waals surface area contributed by atoms with Crippen LogP contribution in [0.25, 0.3) is 0 Å². The van der Waals surface area contributed by atoms with Gasteiger partial charge in [0.05, 0.1) is 0 Å².